The molecule has 14 nitrogen and oxygen atoms in total. The number of fused-ring (bicyclic) bond motifs is 8. The fourth-order valence-electron chi connectivity index (χ4n) is 6.71. The molecule has 298 valence electrons. The molecule has 8 bridgehead atoms. The summed E-state index contributed by atoms with van der Waals surface area (Å²) in [5, 5.41) is 46.0. The van der Waals surface area contributed by atoms with Crippen LogP contribution in [0.2, 0.25) is 0 Å². The van der Waals surface area contributed by atoms with Crippen LogP contribution in [0, 0.1) is 0 Å². The first kappa shape index (κ1) is 41.3. The molecule has 0 unspecified atom stereocenters. The lowest BCUT2D eigenvalue weighted by Crippen LogP contribution is -2.28. The van der Waals surface area contributed by atoms with E-state index in [-0.39, 0.29) is 58.6 Å². The molecule has 1 aliphatic carbocycles. The van der Waals surface area contributed by atoms with Crippen molar-refractivity contribution in [3.05, 3.63) is 165 Å². The minimum atomic E-state index is -4.84. The summed E-state index contributed by atoms with van der Waals surface area (Å²) in [6, 6.07) is 26.1. The van der Waals surface area contributed by atoms with E-state index >= 15 is 0 Å². The minimum Gasteiger partial charge on any atom is -0.507 e. The van der Waals surface area contributed by atoms with Crippen molar-refractivity contribution in [3.63, 3.8) is 0 Å². The Morgan fingerprint density at radius 1 is 0.466 bits per heavy atom. The molecule has 17 heteroatoms. The van der Waals surface area contributed by atoms with Gasteiger partial charge in [-0.25, -0.2) is 0 Å². The monoisotopic (exact) mass is 844 g/mol. The van der Waals surface area contributed by atoms with Gasteiger partial charge in [-0.3, -0.25) is 9.11 Å². The zero-order valence-electron chi connectivity index (χ0n) is 30.1. The Hall–Kier alpha value is -6.37. The Balaban J connectivity index is 0.00000135. The number of aromatic hydroxyl groups is 4. The fraction of sp³-hybridized carbons (Fsp3) is 0.0976. The quantitative estimate of drug-likeness (QED) is 0.0975. The number of phenols is 4. The molecule has 6 N–H and O–H groups in total. The summed E-state index contributed by atoms with van der Waals surface area (Å²) in [6.45, 7) is 0. The molecule has 1 aromatic heterocycles. The summed E-state index contributed by atoms with van der Waals surface area (Å²) in [5.74, 6) is -1.15. The SMILES string of the molecule is O=S(=O)(O)c1cc2c(O)c(c1)Cc1cc(S(=O)(=O)O)cc(c1O)Cc1cc(/C=C/c3cc[n+](-c4ccccc4)cc3)cc(c1O)Cc1cccc(c1O)C2.O=S(=O)=O. The molecular formula is C41H34NO13S3+. The first-order valence-electron chi connectivity index (χ1n) is 17.2. The van der Waals surface area contributed by atoms with Gasteiger partial charge in [-0.15, -0.1) is 12.6 Å². The molecule has 6 aromatic rings. The zero-order chi connectivity index (χ0) is 41.9. The van der Waals surface area contributed by atoms with E-state index in [0.717, 1.165) is 35.5 Å². The first-order chi connectivity index (χ1) is 27.4. The van der Waals surface area contributed by atoms with Gasteiger partial charge in [0.25, 0.3) is 20.2 Å². The van der Waals surface area contributed by atoms with Crippen LogP contribution in [0.15, 0.2) is 119 Å². The van der Waals surface area contributed by atoms with E-state index in [0.29, 0.717) is 22.3 Å². The number of aromatic nitrogens is 1. The minimum absolute atomic E-state index is 0.00128. The highest BCUT2D eigenvalue weighted by Crippen LogP contribution is 2.39. The summed E-state index contributed by atoms with van der Waals surface area (Å²) in [4.78, 5) is -1.15. The fourth-order valence-corrected chi connectivity index (χ4v) is 7.87. The van der Waals surface area contributed by atoms with Gasteiger partial charge in [0.05, 0.1) is 9.79 Å². The summed E-state index contributed by atoms with van der Waals surface area (Å²) in [5.41, 5.74) is 3.74. The molecule has 0 spiro atoms. The van der Waals surface area contributed by atoms with E-state index < -0.39 is 58.6 Å². The predicted octanol–water partition coefficient (Wildman–Crippen LogP) is 5.12. The molecule has 5 aromatic carbocycles. The summed E-state index contributed by atoms with van der Waals surface area (Å²) < 4.78 is 96.8. The molecule has 0 fully saturated rings. The Kier molecular flexibility index (Phi) is 11.8. The molecular weight excluding hydrogens is 811 g/mol. The van der Waals surface area contributed by atoms with Gasteiger partial charge >= 0.3 is 10.6 Å². The second-order valence-corrected chi connectivity index (χ2v) is 16.6. The van der Waals surface area contributed by atoms with Gasteiger partial charge in [0.2, 0.25) is 5.69 Å². The maximum atomic E-state index is 12.4. The van der Waals surface area contributed by atoms with Crippen molar-refractivity contribution >= 4 is 43.0 Å². The van der Waals surface area contributed by atoms with Gasteiger partial charge < -0.3 is 20.4 Å². The summed E-state index contributed by atoms with van der Waals surface area (Å²) in [6.07, 6.45) is 6.75. The second-order valence-electron chi connectivity index (χ2n) is 13.4. The third-order valence-corrected chi connectivity index (χ3v) is 11.1. The highest BCUT2D eigenvalue weighted by Gasteiger charge is 2.24. The Morgan fingerprint density at radius 3 is 1.21 bits per heavy atom. The van der Waals surface area contributed by atoms with Gasteiger partial charge in [-0.1, -0.05) is 48.6 Å². The zero-order valence-corrected chi connectivity index (χ0v) is 32.5. The number of phenolic OH excluding ortho intramolecular Hbond substituents is 4. The largest absolute Gasteiger partial charge is 0.507 e. The maximum Gasteiger partial charge on any atom is 0.425 e. The maximum absolute atomic E-state index is 12.4. The van der Waals surface area contributed by atoms with Crippen molar-refractivity contribution in [2.24, 2.45) is 0 Å². The van der Waals surface area contributed by atoms with E-state index in [2.05, 4.69) is 0 Å². The van der Waals surface area contributed by atoms with E-state index in [1.165, 1.54) is 0 Å². The molecule has 7 rings (SSSR count). The van der Waals surface area contributed by atoms with Crippen LogP contribution in [0.1, 0.15) is 55.6 Å². The molecule has 0 atom stereocenters. The van der Waals surface area contributed by atoms with E-state index in [4.69, 9.17) is 12.6 Å². The van der Waals surface area contributed by atoms with Gasteiger partial charge in [0.1, 0.15) is 23.0 Å². The van der Waals surface area contributed by atoms with Crippen LogP contribution in [0.25, 0.3) is 17.8 Å². The van der Waals surface area contributed by atoms with Gasteiger partial charge in [-0.05, 0) is 69.8 Å². The first-order valence-corrected chi connectivity index (χ1v) is 21.1. The van der Waals surface area contributed by atoms with Crippen LogP contribution >= 0.6 is 0 Å². The average Bonchev–Trinajstić information content (AvgIpc) is 3.16. The lowest BCUT2D eigenvalue weighted by molar-refractivity contribution is -0.595. The molecule has 0 aliphatic heterocycles. The number of para-hydroxylation sites is 2. The van der Waals surface area contributed by atoms with Crippen molar-refractivity contribution in [2.75, 3.05) is 0 Å². The van der Waals surface area contributed by atoms with E-state index in [9.17, 15) is 46.4 Å². The van der Waals surface area contributed by atoms with Gasteiger partial charge in [-0.2, -0.15) is 21.4 Å². The lowest BCUT2D eigenvalue weighted by atomic mass is 9.90. The average molecular weight is 845 g/mol. The van der Waals surface area contributed by atoms with Crippen molar-refractivity contribution < 1.29 is 63.6 Å². The molecule has 0 saturated heterocycles. The number of rotatable bonds is 5. The van der Waals surface area contributed by atoms with Crippen LogP contribution in [0.3, 0.4) is 0 Å². The Bertz CT molecular complexity index is 2930. The highest BCUT2D eigenvalue weighted by molar-refractivity contribution is 7.86. The number of nitrogens with zero attached hydrogens (tertiary/aromatic N) is 1. The van der Waals surface area contributed by atoms with Crippen molar-refractivity contribution in [2.45, 2.75) is 35.5 Å². The van der Waals surface area contributed by atoms with Crippen molar-refractivity contribution in [3.8, 4) is 28.7 Å². The van der Waals surface area contributed by atoms with Crippen molar-refractivity contribution in [1.29, 1.82) is 0 Å². The predicted molar refractivity (Wildman–Crippen MR) is 210 cm³/mol. The number of hydrogen-bond acceptors (Lipinski definition) is 11. The Labute approximate surface area is 334 Å². The van der Waals surface area contributed by atoms with E-state index in [1.54, 1.807) is 30.3 Å². The highest BCUT2D eigenvalue weighted by atomic mass is 32.2. The van der Waals surface area contributed by atoms with Crippen molar-refractivity contribution in [1.82, 2.24) is 0 Å². The van der Waals surface area contributed by atoms with Gasteiger partial charge in [0.15, 0.2) is 12.4 Å². The van der Waals surface area contributed by atoms with Crippen LogP contribution in [-0.4, -0.2) is 59.0 Å². The van der Waals surface area contributed by atoms with Crippen LogP contribution in [-0.2, 0) is 56.5 Å². The molecule has 0 saturated carbocycles. The van der Waals surface area contributed by atoms with Crippen LogP contribution in [0.5, 0.6) is 23.0 Å². The smallest absolute Gasteiger partial charge is 0.425 e. The summed E-state index contributed by atoms with van der Waals surface area (Å²) >= 11 is 0. The molecule has 1 heterocycles. The molecule has 58 heavy (non-hydrogen) atoms. The third kappa shape index (κ3) is 9.59. The standard InChI is InChI=1S/C41H33NO10S2.O3S/c43-38-27-5-4-6-28(38)18-31-21-36(53(47,48)49)23-33(40(31)45)20-34-24-37(54(50,51)52)22-32(41(34)46)19-30-16-26(15-29(17-27)39(30)44)10-9-25-11-13-42(14-12-25)35-7-2-1-3-8-35;1-4(2)3/h1-16,21-24H,17-20H2,(H5,43,45,46,47,48,49,50,51,52);/p+1. The lowest BCUT2D eigenvalue weighted by Gasteiger charge is -2.18. The Morgan fingerprint density at radius 2 is 0.810 bits per heavy atom. The van der Waals surface area contributed by atoms with Gasteiger partial charge in [0, 0.05) is 72.2 Å². The third-order valence-electron chi connectivity index (χ3n) is 9.47. The number of benzene rings is 5. The normalized spacial score (nSPS) is 12.7. The molecule has 1 aliphatic rings. The van der Waals surface area contributed by atoms with Crippen LogP contribution in [0.4, 0.5) is 0 Å². The number of pyridine rings is 1. The molecule has 0 radical (unpaired) electrons. The summed E-state index contributed by atoms with van der Waals surface area (Å²) in [7, 11) is -12.8. The topological polar surface area (TPSA) is 245 Å². The van der Waals surface area contributed by atoms with E-state index in [1.807, 2.05) is 71.6 Å². The molecule has 0 amide bonds. The second kappa shape index (κ2) is 16.6. The number of hydrogen-bond donors (Lipinski definition) is 6. The van der Waals surface area contributed by atoms with Crippen LogP contribution < -0.4 is 4.57 Å².